The first-order chi connectivity index (χ1) is 13.8. The maximum Gasteiger partial charge on any atom is 0.331 e. The number of esters is 1. The summed E-state index contributed by atoms with van der Waals surface area (Å²) in [5, 5.41) is 7.36. The Kier molecular flexibility index (Phi) is 7.97. The molecule has 3 N–H and O–H groups in total. The van der Waals surface area contributed by atoms with Crippen LogP contribution in [0.2, 0.25) is 5.15 Å². The first-order valence-corrected chi connectivity index (χ1v) is 9.47. The van der Waals surface area contributed by atoms with Crippen molar-refractivity contribution in [3.8, 4) is 0 Å². The highest BCUT2D eigenvalue weighted by molar-refractivity contribution is 6.31. The van der Waals surface area contributed by atoms with Gasteiger partial charge in [-0.3, -0.25) is 14.3 Å². The van der Waals surface area contributed by atoms with E-state index in [9.17, 15) is 14.4 Å². The highest BCUT2D eigenvalue weighted by Gasteiger charge is 2.12. The number of primary amides is 1. The van der Waals surface area contributed by atoms with Crippen molar-refractivity contribution in [2.45, 2.75) is 33.2 Å². The summed E-state index contributed by atoms with van der Waals surface area (Å²) in [6, 6.07) is 6.03. The zero-order valence-electron chi connectivity index (χ0n) is 16.3. The Balaban J connectivity index is 1.87. The van der Waals surface area contributed by atoms with Gasteiger partial charge in [-0.15, -0.1) is 0 Å². The number of hydrogen-bond acceptors (Lipinski definition) is 5. The molecule has 0 aliphatic carbocycles. The number of hydrogen-bond donors (Lipinski definition) is 2. The number of nitrogens with one attached hydrogen (secondary N) is 1. The molecule has 1 aromatic carbocycles. The second kappa shape index (κ2) is 10.4. The number of unbranched alkanes of at least 4 members (excludes halogenated alkanes) is 1. The van der Waals surface area contributed by atoms with Crippen molar-refractivity contribution < 1.29 is 19.1 Å². The summed E-state index contributed by atoms with van der Waals surface area (Å²) >= 11 is 6.30. The molecule has 0 atom stereocenters. The van der Waals surface area contributed by atoms with Crippen molar-refractivity contribution >= 4 is 41.1 Å². The van der Waals surface area contributed by atoms with E-state index in [1.54, 1.807) is 11.6 Å². The number of nitrogens with zero attached hydrogens (tertiary/aromatic N) is 2. The van der Waals surface area contributed by atoms with Crippen LogP contribution < -0.4 is 11.1 Å². The number of nitrogens with two attached hydrogens (primary N) is 1. The van der Waals surface area contributed by atoms with Gasteiger partial charge in [0.1, 0.15) is 5.15 Å². The van der Waals surface area contributed by atoms with Crippen molar-refractivity contribution in [2.75, 3.05) is 11.9 Å². The second-order valence-electron chi connectivity index (χ2n) is 6.30. The summed E-state index contributed by atoms with van der Waals surface area (Å²) in [5.74, 6) is -1.75. The average molecular weight is 419 g/mol. The third kappa shape index (κ3) is 6.46. The predicted octanol–water partition coefficient (Wildman–Crippen LogP) is 2.94. The van der Waals surface area contributed by atoms with Crippen LogP contribution in [0.4, 0.5) is 5.69 Å². The molecule has 2 aromatic rings. The van der Waals surface area contributed by atoms with E-state index in [0.29, 0.717) is 34.2 Å². The Morgan fingerprint density at radius 3 is 2.59 bits per heavy atom. The molecule has 0 spiro atoms. The van der Waals surface area contributed by atoms with Crippen molar-refractivity contribution in [2.24, 2.45) is 5.73 Å². The van der Waals surface area contributed by atoms with Gasteiger partial charge in [0.05, 0.1) is 5.69 Å². The molecule has 154 valence electrons. The summed E-state index contributed by atoms with van der Waals surface area (Å²) in [4.78, 5) is 34.8. The molecule has 1 heterocycles. The number of benzene rings is 1. The normalized spacial score (nSPS) is 10.9. The number of halogens is 1. The molecule has 1 aromatic heterocycles. The zero-order valence-corrected chi connectivity index (χ0v) is 17.0. The van der Waals surface area contributed by atoms with Crippen LogP contribution in [-0.2, 0) is 20.9 Å². The SMILES string of the molecule is CCCCn1nc(C)c(/C=C/C(=O)OCC(=O)Nc2ccc(C(N)=O)cc2)c1Cl. The largest absolute Gasteiger partial charge is 0.452 e. The first kappa shape index (κ1) is 22.2. The fourth-order valence-corrected chi connectivity index (χ4v) is 2.79. The highest BCUT2D eigenvalue weighted by atomic mass is 35.5. The monoisotopic (exact) mass is 418 g/mol. The van der Waals surface area contributed by atoms with Crippen molar-refractivity contribution in [1.29, 1.82) is 0 Å². The molecular weight excluding hydrogens is 396 g/mol. The van der Waals surface area contributed by atoms with Crippen LogP contribution in [0.25, 0.3) is 6.08 Å². The van der Waals surface area contributed by atoms with E-state index < -0.39 is 24.4 Å². The fourth-order valence-electron chi connectivity index (χ4n) is 2.46. The van der Waals surface area contributed by atoms with Gasteiger partial charge in [0.2, 0.25) is 5.91 Å². The van der Waals surface area contributed by atoms with E-state index >= 15 is 0 Å². The van der Waals surface area contributed by atoms with Crippen LogP contribution in [0, 0.1) is 6.92 Å². The maximum absolute atomic E-state index is 11.9. The van der Waals surface area contributed by atoms with Crippen molar-refractivity contribution in [3.63, 3.8) is 0 Å². The highest BCUT2D eigenvalue weighted by Crippen LogP contribution is 2.21. The van der Waals surface area contributed by atoms with E-state index in [1.165, 1.54) is 36.4 Å². The molecule has 0 unspecified atom stereocenters. The minimum atomic E-state index is -0.680. The number of carbonyl (C=O) groups excluding carboxylic acids is 3. The molecule has 0 saturated carbocycles. The minimum absolute atomic E-state index is 0.325. The molecule has 0 radical (unpaired) electrons. The average Bonchev–Trinajstić information content (AvgIpc) is 2.96. The Bertz CT molecular complexity index is 919. The lowest BCUT2D eigenvalue weighted by Crippen LogP contribution is -2.20. The lowest BCUT2D eigenvalue weighted by molar-refractivity contribution is -0.142. The number of anilines is 1. The summed E-state index contributed by atoms with van der Waals surface area (Å²) in [6.45, 7) is 4.13. The number of aromatic nitrogens is 2. The number of rotatable bonds is 9. The molecule has 0 fully saturated rings. The van der Waals surface area contributed by atoms with Gasteiger partial charge in [-0.2, -0.15) is 5.10 Å². The Hall–Kier alpha value is -3.13. The van der Waals surface area contributed by atoms with Gasteiger partial charge in [-0.05, 0) is 43.7 Å². The topological polar surface area (TPSA) is 116 Å². The smallest absolute Gasteiger partial charge is 0.331 e. The number of ether oxygens (including phenoxy) is 1. The van der Waals surface area contributed by atoms with E-state index in [-0.39, 0.29) is 0 Å². The van der Waals surface area contributed by atoms with Crippen LogP contribution in [0.5, 0.6) is 0 Å². The Labute approximate surface area is 173 Å². The molecule has 29 heavy (non-hydrogen) atoms. The summed E-state index contributed by atoms with van der Waals surface area (Å²) in [7, 11) is 0. The van der Waals surface area contributed by atoms with Crippen LogP contribution in [-0.4, -0.2) is 34.2 Å². The molecule has 0 saturated heterocycles. The number of aryl methyl sites for hydroxylation is 2. The first-order valence-electron chi connectivity index (χ1n) is 9.09. The van der Waals surface area contributed by atoms with Gasteiger partial charge in [-0.25, -0.2) is 4.79 Å². The van der Waals surface area contributed by atoms with Crippen LogP contribution in [0.1, 0.15) is 41.4 Å². The Morgan fingerprint density at radius 1 is 1.28 bits per heavy atom. The quantitative estimate of drug-likeness (QED) is 0.479. The number of carbonyl (C=O) groups is 3. The molecule has 2 rings (SSSR count). The third-order valence-corrected chi connectivity index (χ3v) is 4.42. The Morgan fingerprint density at radius 2 is 1.97 bits per heavy atom. The lowest BCUT2D eigenvalue weighted by atomic mass is 10.2. The molecule has 0 aliphatic rings. The second-order valence-corrected chi connectivity index (χ2v) is 6.66. The molecule has 0 aliphatic heterocycles. The van der Waals surface area contributed by atoms with Gasteiger partial charge in [-0.1, -0.05) is 24.9 Å². The lowest BCUT2D eigenvalue weighted by Gasteiger charge is -2.06. The fraction of sp³-hybridized carbons (Fsp3) is 0.300. The van der Waals surface area contributed by atoms with Gasteiger partial charge >= 0.3 is 5.97 Å². The standard InChI is InChI=1S/C20H23ClN4O4/c1-3-4-11-25-19(21)16(13(2)24-25)9-10-18(27)29-12-17(26)23-15-7-5-14(6-8-15)20(22)28/h5-10H,3-4,11-12H2,1-2H3,(H2,22,28)(H,23,26)/b10-9+. The van der Waals surface area contributed by atoms with Crippen molar-refractivity contribution in [3.05, 3.63) is 52.3 Å². The molecule has 8 nitrogen and oxygen atoms in total. The predicted molar refractivity (Wildman–Crippen MR) is 110 cm³/mol. The molecule has 0 bridgehead atoms. The van der Waals surface area contributed by atoms with Crippen LogP contribution >= 0.6 is 11.6 Å². The van der Waals surface area contributed by atoms with E-state index in [0.717, 1.165) is 12.8 Å². The zero-order chi connectivity index (χ0) is 21.4. The van der Waals surface area contributed by atoms with E-state index in [4.69, 9.17) is 22.1 Å². The number of amides is 2. The van der Waals surface area contributed by atoms with Gasteiger partial charge < -0.3 is 15.8 Å². The van der Waals surface area contributed by atoms with E-state index in [1.807, 2.05) is 0 Å². The van der Waals surface area contributed by atoms with Crippen LogP contribution in [0.15, 0.2) is 30.3 Å². The summed E-state index contributed by atoms with van der Waals surface area (Å²) in [6.07, 6.45) is 4.70. The summed E-state index contributed by atoms with van der Waals surface area (Å²) in [5.41, 5.74) is 7.27. The third-order valence-electron chi connectivity index (χ3n) is 4.02. The van der Waals surface area contributed by atoms with Crippen molar-refractivity contribution in [1.82, 2.24) is 9.78 Å². The molecule has 2 amide bonds. The van der Waals surface area contributed by atoms with Crippen LogP contribution in [0.3, 0.4) is 0 Å². The summed E-state index contributed by atoms with van der Waals surface area (Å²) < 4.78 is 6.63. The molecular formula is C20H23ClN4O4. The minimum Gasteiger partial charge on any atom is -0.452 e. The van der Waals surface area contributed by atoms with Gasteiger partial charge in [0, 0.05) is 29.4 Å². The van der Waals surface area contributed by atoms with Gasteiger partial charge in [0.15, 0.2) is 6.61 Å². The van der Waals surface area contributed by atoms with Gasteiger partial charge in [0.25, 0.3) is 5.91 Å². The van der Waals surface area contributed by atoms with E-state index in [2.05, 4.69) is 17.3 Å². The molecule has 9 heteroatoms. The maximum atomic E-state index is 11.9.